The number of esters is 3. The van der Waals surface area contributed by atoms with Crippen molar-refractivity contribution in [1.82, 2.24) is 10.2 Å². The maximum absolute atomic E-state index is 12.6. The number of aliphatic hydroxyl groups excluding tert-OH is 1. The van der Waals surface area contributed by atoms with Crippen LogP contribution in [0, 0.1) is 0 Å². The van der Waals surface area contributed by atoms with E-state index in [-0.39, 0.29) is 88.7 Å². The number of ether oxygens (including phenoxy) is 3. The zero-order valence-electron chi connectivity index (χ0n) is 62.5. The summed E-state index contributed by atoms with van der Waals surface area (Å²) in [7, 11) is -0.137. The Morgan fingerprint density at radius 3 is 1.01 bits per heavy atom. The van der Waals surface area contributed by atoms with Gasteiger partial charge in [-0.2, -0.15) is 0 Å². The number of amides is 1. The standard InChI is InChI=1S/C23H24O4.C19H17NO4.C17H27NO3S.C13H19NO2.C9H6O3.CH4O.2ClH/c1-15(13-19(24)21-14-18-7-5-6-8-20(18)26-21)16-9-11-17(12-10-16)22(25)27-23(2,3)4;1-12(13-6-8-14(9-7-13)19(22)20-23)10-16(21)18-11-15-4-2-3-5-17(15)24-18;1-12(18-22(20)17(5,6)7)13-8-10-14(11-9-13)15(19)21-16(2,3)4;1-9(14)10-5-7-11(8-6-10)12(15)16-13(2,3)4;10-9(11)8-5-6-3-1-2-4-7(6)12-8;1-2;;/h5-12,14-15H,13H2,1-4H3;2-9,11-12,23H,10H2,1H3,(H,20,22);8-12,18H,1-7H3;5-9H,14H2,1-4H3;1-5H,(H,10,11);2H,1H3;2*1H/t15-;12-;12-,22+;9-;;;;/m0011..../s1. The minimum atomic E-state index is -1.14. The number of aliphatic hydroxyl groups is 1. The lowest BCUT2D eigenvalue weighted by Gasteiger charge is -2.22. The topological polar surface area (TPSA) is 314 Å². The number of furan rings is 3. The third kappa shape index (κ3) is 29.1. The van der Waals surface area contributed by atoms with E-state index in [1.807, 2.05) is 208 Å². The Labute approximate surface area is 629 Å². The summed E-state index contributed by atoms with van der Waals surface area (Å²) in [6.45, 7) is 30.1. The van der Waals surface area contributed by atoms with Gasteiger partial charge in [-0.15, -0.1) is 24.8 Å². The van der Waals surface area contributed by atoms with Gasteiger partial charge >= 0.3 is 23.9 Å². The normalized spacial score (nSPS) is 12.5. The molecule has 7 aromatic carbocycles. The van der Waals surface area contributed by atoms with E-state index in [2.05, 4.69) is 4.72 Å². The number of nitrogens with one attached hydrogen (secondary N) is 2. The first-order valence-electron chi connectivity index (χ1n) is 33.5. The minimum absolute atomic E-state index is 0. The van der Waals surface area contributed by atoms with E-state index in [0.717, 1.165) is 51.1 Å². The number of aromatic carboxylic acids is 1. The van der Waals surface area contributed by atoms with Crippen molar-refractivity contribution in [2.75, 3.05) is 7.11 Å². The molecule has 3 heterocycles. The zero-order valence-corrected chi connectivity index (χ0v) is 64.9. The first kappa shape index (κ1) is 89.6. The van der Waals surface area contributed by atoms with Crippen LogP contribution in [0.15, 0.2) is 201 Å². The van der Waals surface area contributed by atoms with E-state index >= 15 is 0 Å². The molecule has 0 unspecified atom stereocenters. The average Bonchev–Trinajstić information content (AvgIpc) is 1.72. The Hall–Kier alpha value is -9.58. The fraction of sp³-hybridized carbons (Fsp3) is 0.329. The number of carbonyl (C=O) groups excluding carboxylic acids is 6. The van der Waals surface area contributed by atoms with Gasteiger partial charge in [-0.25, -0.2) is 33.6 Å². The number of hydroxylamine groups is 1. The molecule has 5 atom stereocenters. The summed E-state index contributed by atoms with van der Waals surface area (Å²) in [5, 5.41) is 26.9. The fourth-order valence-corrected chi connectivity index (χ4v) is 10.4. The Kier molecular flexibility index (Phi) is 34.7. The molecule has 0 bridgehead atoms. The molecule has 0 aliphatic heterocycles. The largest absolute Gasteiger partial charge is 0.475 e. The van der Waals surface area contributed by atoms with Gasteiger partial charge in [-0.05, 0) is 216 Å². The van der Waals surface area contributed by atoms with Crippen molar-refractivity contribution >= 4 is 110 Å². The molecular formula is C82H99Cl2N3O17S. The summed E-state index contributed by atoms with van der Waals surface area (Å²) in [5.41, 5.74) is 13.7. The summed E-state index contributed by atoms with van der Waals surface area (Å²) >= 11 is 0. The first-order chi connectivity index (χ1) is 48.3. The van der Waals surface area contributed by atoms with E-state index in [9.17, 15) is 37.8 Å². The van der Waals surface area contributed by atoms with Gasteiger partial charge in [-0.1, -0.05) is 117 Å². The Morgan fingerprint density at radius 1 is 0.438 bits per heavy atom. The van der Waals surface area contributed by atoms with Crippen LogP contribution >= 0.6 is 24.8 Å². The Bertz CT molecular complexity index is 4380. The number of halogens is 2. The summed E-state index contributed by atoms with van der Waals surface area (Å²) in [6.07, 6.45) is 0.650. The highest BCUT2D eigenvalue weighted by atomic mass is 35.5. The van der Waals surface area contributed by atoms with E-state index in [4.69, 9.17) is 48.6 Å². The van der Waals surface area contributed by atoms with Crippen molar-refractivity contribution < 1.29 is 80.7 Å². The van der Waals surface area contributed by atoms with E-state index < -0.39 is 39.7 Å². The number of carboxylic acids is 1. The van der Waals surface area contributed by atoms with Gasteiger partial charge in [-0.3, -0.25) is 19.6 Å². The molecule has 7 N–H and O–H groups in total. The van der Waals surface area contributed by atoms with Crippen LogP contribution in [-0.2, 0) is 25.2 Å². The number of hydrogen-bond acceptors (Lipinski definition) is 17. The second-order valence-electron chi connectivity index (χ2n) is 28.3. The molecule has 0 fully saturated rings. The molecule has 1 amide bonds. The number of para-hydroxylation sites is 3. The van der Waals surface area contributed by atoms with Crippen LogP contribution in [0.5, 0.6) is 0 Å². The number of ketones is 2. The molecule has 23 heteroatoms. The van der Waals surface area contributed by atoms with Crippen molar-refractivity contribution in [1.29, 1.82) is 0 Å². The number of carboxylic acid groups (broad SMARTS) is 1. The molecule has 564 valence electrons. The molecule has 20 nitrogen and oxygen atoms in total. The van der Waals surface area contributed by atoms with E-state index in [0.29, 0.717) is 57.8 Å². The molecule has 0 aliphatic carbocycles. The van der Waals surface area contributed by atoms with Crippen LogP contribution in [0.1, 0.15) is 243 Å². The highest BCUT2D eigenvalue weighted by Crippen LogP contribution is 2.29. The molecule has 0 radical (unpaired) electrons. The quantitative estimate of drug-likeness (QED) is 0.0162. The van der Waals surface area contributed by atoms with Gasteiger partial charge in [0, 0.05) is 53.8 Å². The number of nitrogens with two attached hydrogens (primary N) is 1. The lowest BCUT2D eigenvalue weighted by molar-refractivity contribution is 0.00570. The average molecular weight is 1500 g/mol. The van der Waals surface area contributed by atoms with Crippen LogP contribution < -0.4 is 15.9 Å². The lowest BCUT2D eigenvalue weighted by atomic mass is 9.94. The molecule has 10 aromatic rings. The van der Waals surface area contributed by atoms with Gasteiger partial charge in [0.25, 0.3) is 5.91 Å². The first-order valence-corrected chi connectivity index (χ1v) is 34.6. The maximum atomic E-state index is 12.6. The molecule has 0 saturated carbocycles. The molecular weight excluding hydrogens is 1400 g/mol. The second kappa shape index (κ2) is 40.6. The number of rotatable bonds is 17. The molecule has 0 spiro atoms. The van der Waals surface area contributed by atoms with Crippen molar-refractivity contribution in [3.8, 4) is 0 Å². The summed E-state index contributed by atoms with van der Waals surface area (Å²) in [4.78, 5) is 82.5. The van der Waals surface area contributed by atoms with Crippen molar-refractivity contribution in [3.63, 3.8) is 0 Å². The molecule has 105 heavy (non-hydrogen) atoms. The highest BCUT2D eigenvalue weighted by Gasteiger charge is 2.25. The third-order valence-corrected chi connectivity index (χ3v) is 16.6. The predicted molar refractivity (Wildman–Crippen MR) is 416 cm³/mol. The van der Waals surface area contributed by atoms with Gasteiger partial charge in [0.05, 0.1) is 32.4 Å². The Balaban J connectivity index is 0.000000344. The van der Waals surface area contributed by atoms with Gasteiger partial charge in [0.1, 0.15) is 33.6 Å². The van der Waals surface area contributed by atoms with Gasteiger partial charge in [0.15, 0.2) is 23.1 Å². The minimum Gasteiger partial charge on any atom is -0.475 e. The smallest absolute Gasteiger partial charge is 0.371 e. The van der Waals surface area contributed by atoms with Crippen LogP contribution in [-0.4, -0.2) is 89.6 Å². The third-order valence-electron chi connectivity index (χ3n) is 14.9. The molecule has 3 aromatic heterocycles. The van der Waals surface area contributed by atoms with Gasteiger partial charge in [0.2, 0.25) is 5.76 Å². The van der Waals surface area contributed by atoms with Crippen molar-refractivity contribution in [2.45, 2.75) is 169 Å². The highest BCUT2D eigenvalue weighted by molar-refractivity contribution is 7.84. The Morgan fingerprint density at radius 2 is 0.724 bits per heavy atom. The fourth-order valence-electron chi connectivity index (χ4n) is 9.54. The van der Waals surface area contributed by atoms with Gasteiger partial charge < -0.3 is 43.4 Å². The van der Waals surface area contributed by atoms with Crippen LogP contribution in [0.3, 0.4) is 0 Å². The van der Waals surface area contributed by atoms with Crippen LogP contribution in [0.2, 0.25) is 0 Å². The zero-order chi connectivity index (χ0) is 76.7. The second-order valence-corrected chi connectivity index (χ2v) is 30.2. The number of Topliss-reactive ketones (excluding diaryl/α,β-unsaturated/α-hetero) is 2. The van der Waals surface area contributed by atoms with E-state index in [1.54, 1.807) is 90.4 Å². The SMILES string of the molecule is CO.C[C@@H](CC(=O)c1cc2ccccc2o1)c1ccc(C(=O)NO)cc1.C[C@@H](CC(=O)c1cc2ccccc2o1)c1ccc(C(=O)OC(C)(C)C)cc1.C[C@@H](N)c1ccc(C(=O)OC(C)(C)C)cc1.C[C@@H](N[S@@](=O)C(C)(C)C)c1ccc(C(=O)OC(C)(C)C)cc1.Cl.Cl.O=C(O)c1cc2ccccc2o1. The summed E-state index contributed by atoms with van der Waals surface area (Å²) in [5.74, 6) is -1.95. The number of fused-ring (bicyclic) bond motifs is 3. The predicted octanol–water partition coefficient (Wildman–Crippen LogP) is 18.7. The lowest BCUT2D eigenvalue weighted by Crippen LogP contribution is -2.34. The van der Waals surface area contributed by atoms with Crippen molar-refractivity contribution in [3.05, 3.63) is 250 Å². The number of carbonyl (C=O) groups is 7. The summed E-state index contributed by atoms with van der Waals surface area (Å²) < 4.78 is 47.1. The van der Waals surface area contributed by atoms with Crippen LogP contribution in [0.4, 0.5) is 0 Å². The summed E-state index contributed by atoms with van der Waals surface area (Å²) in [6, 6.07) is 55.6. The molecule has 0 aliphatic rings. The molecule has 10 rings (SSSR count). The number of benzene rings is 7. The molecule has 0 saturated heterocycles. The monoisotopic (exact) mass is 1500 g/mol. The van der Waals surface area contributed by atoms with Crippen molar-refractivity contribution in [2.24, 2.45) is 5.73 Å². The number of hydrogen-bond donors (Lipinski definition) is 6. The maximum Gasteiger partial charge on any atom is 0.371 e. The van der Waals surface area contributed by atoms with E-state index in [1.165, 1.54) is 6.07 Å². The van der Waals surface area contributed by atoms with Crippen LogP contribution in [0.25, 0.3) is 32.9 Å².